The molecule has 7 atom stereocenters. The molecule has 23 heavy (non-hydrogen) atoms. The van der Waals surface area contributed by atoms with E-state index in [1.807, 2.05) is 0 Å². The number of fused-ring (bicyclic) bond motifs is 5. The van der Waals surface area contributed by atoms with Crippen LogP contribution in [-0.2, 0) is 9.59 Å². The van der Waals surface area contributed by atoms with Crippen molar-refractivity contribution in [3.63, 3.8) is 0 Å². The van der Waals surface area contributed by atoms with E-state index in [-0.39, 0.29) is 22.7 Å². The van der Waals surface area contributed by atoms with Gasteiger partial charge in [0.1, 0.15) is 0 Å². The van der Waals surface area contributed by atoms with Crippen LogP contribution in [-0.4, -0.2) is 23.0 Å². The number of hydrogen-bond donors (Lipinski definition) is 2. The summed E-state index contributed by atoms with van der Waals surface area (Å²) in [6.07, 6.45) is 8.05. The van der Waals surface area contributed by atoms with Gasteiger partial charge in [0.25, 0.3) is 0 Å². The summed E-state index contributed by atoms with van der Waals surface area (Å²) in [5, 5.41) is 12.9. The average Bonchev–Trinajstić information content (AvgIpc) is 2.85. The zero-order valence-electron chi connectivity index (χ0n) is 14.3. The van der Waals surface area contributed by atoms with Crippen molar-refractivity contribution in [2.75, 3.05) is 0 Å². The third-order valence-electron chi connectivity index (χ3n) is 8.39. The lowest BCUT2D eigenvalue weighted by Crippen LogP contribution is -2.61. The predicted octanol–water partition coefficient (Wildman–Crippen LogP) is 3.21. The first-order valence-corrected chi connectivity index (χ1v) is 9.38. The molecular weight excluding hydrogens is 290 g/mol. The number of amides is 1. The van der Waals surface area contributed by atoms with Gasteiger partial charge in [-0.05, 0) is 73.5 Å². The van der Waals surface area contributed by atoms with E-state index < -0.39 is 5.97 Å². The van der Waals surface area contributed by atoms with Gasteiger partial charge in [-0.1, -0.05) is 13.8 Å². The fourth-order valence-corrected chi connectivity index (χ4v) is 7.11. The van der Waals surface area contributed by atoms with Crippen molar-refractivity contribution >= 4 is 11.9 Å². The lowest BCUT2D eigenvalue weighted by atomic mass is 9.47. The smallest absolute Gasteiger partial charge is 0.307 e. The van der Waals surface area contributed by atoms with Gasteiger partial charge in [0, 0.05) is 12.5 Å². The second kappa shape index (κ2) is 4.97. The maximum absolute atomic E-state index is 11.8. The van der Waals surface area contributed by atoms with Gasteiger partial charge in [0.2, 0.25) is 5.91 Å². The molecular formula is C19H29NO3. The van der Waals surface area contributed by atoms with Crippen molar-refractivity contribution in [3.05, 3.63) is 0 Å². The van der Waals surface area contributed by atoms with Gasteiger partial charge in [-0.25, -0.2) is 0 Å². The molecule has 4 unspecified atom stereocenters. The molecule has 0 radical (unpaired) electrons. The van der Waals surface area contributed by atoms with Crippen LogP contribution in [0.25, 0.3) is 0 Å². The van der Waals surface area contributed by atoms with Gasteiger partial charge >= 0.3 is 5.97 Å². The number of carbonyl (C=O) groups excluding carboxylic acids is 1. The van der Waals surface area contributed by atoms with Gasteiger partial charge in [-0.15, -0.1) is 0 Å². The van der Waals surface area contributed by atoms with Gasteiger partial charge in [-0.2, -0.15) is 0 Å². The third-order valence-corrected chi connectivity index (χ3v) is 8.39. The SMILES string of the molecule is C[C@]12CCC3C(CC[C@H]4NC(=O)CC[C@]34C)C1CCC2C(=O)O. The van der Waals surface area contributed by atoms with Crippen molar-refractivity contribution < 1.29 is 14.7 Å². The van der Waals surface area contributed by atoms with E-state index in [1.54, 1.807) is 0 Å². The molecule has 1 heterocycles. The summed E-state index contributed by atoms with van der Waals surface area (Å²) in [4.78, 5) is 23.5. The number of carbonyl (C=O) groups is 2. The number of nitrogens with one attached hydrogen (secondary N) is 1. The van der Waals surface area contributed by atoms with Gasteiger partial charge in [-0.3, -0.25) is 9.59 Å². The van der Waals surface area contributed by atoms with Crippen LogP contribution in [0.3, 0.4) is 0 Å². The van der Waals surface area contributed by atoms with Crippen LogP contribution in [0.5, 0.6) is 0 Å². The minimum absolute atomic E-state index is 0.00584. The third kappa shape index (κ3) is 2.02. The van der Waals surface area contributed by atoms with Crippen LogP contribution >= 0.6 is 0 Å². The molecule has 3 saturated carbocycles. The second-order valence-corrected chi connectivity index (χ2v) is 9.09. The molecule has 128 valence electrons. The lowest BCUT2D eigenvalue weighted by Gasteiger charge is -2.60. The number of rotatable bonds is 1. The quantitative estimate of drug-likeness (QED) is 0.780. The topological polar surface area (TPSA) is 66.4 Å². The van der Waals surface area contributed by atoms with E-state index in [0.717, 1.165) is 44.9 Å². The number of carboxylic acids is 1. The monoisotopic (exact) mass is 319 g/mol. The van der Waals surface area contributed by atoms with Crippen LogP contribution in [0.4, 0.5) is 0 Å². The molecule has 0 aromatic rings. The number of hydrogen-bond acceptors (Lipinski definition) is 2. The highest BCUT2D eigenvalue weighted by Gasteiger charge is 2.61. The summed E-state index contributed by atoms with van der Waals surface area (Å²) >= 11 is 0. The molecule has 4 aliphatic rings. The van der Waals surface area contributed by atoms with Gasteiger partial charge in [0.15, 0.2) is 0 Å². The number of carboxylic acid groups (broad SMARTS) is 1. The summed E-state index contributed by atoms with van der Waals surface area (Å²) in [6, 6.07) is 0.339. The van der Waals surface area contributed by atoms with Crippen LogP contribution in [0.1, 0.15) is 65.2 Å². The van der Waals surface area contributed by atoms with Crippen LogP contribution in [0, 0.1) is 34.5 Å². The Morgan fingerprint density at radius 3 is 2.52 bits per heavy atom. The fourth-order valence-electron chi connectivity index (χ4n) is 7.11. The summed E-state index contributed by atoms with van der Waals surface area (Å²) in [7, 11) is 0. The minimum atomic E-state index is -0.585. The molecule has 1 amide bonds. The van der Waals surface area contributed by atoms with Crippen LogP contribution < -0.4 is 5.32 Å². The zero-order chi connectivity index (χ0) is 16.4. The van der Waals surface area contributed by atoms with Crippen molar-refractivity contribution in [2.24, 2.45) is 34.5 Å². The van der Waals surface area contributed by atoms with E-state index in [4.69, 9.17) is 0 Å². The predicted molar refractivity (Wildman–Crippen MR) is 86.7 cm³/mol. The fraction of sp³-hybridized carbons (Fsp3) is 0.895. The Labute approximate surface area is 138 Å². The van der Waals surface area contributed by atoms with Crippen molar-refractivity contribution in [1.29, 1.82) is 0 Å². The molecule has 1 aliphatic heterocycles. The van der Waals surface area contributed by atoms with Crippen molar-refractivity contribution in [2.45, 2.75) is 71.3 Å². The first-order valence-electron chi connectivity index (χ1n) is 9.38. The molecule has 0 bridgehead atoms. The number of piperidine rings is 1. The normalized spacial score (nSPS) is 52.1. The Balaban J connectivity index is 1.63. The molecule has 4 fully saturated rings. The van der Waals surface area contributed by atoms with Gasteiger partial charge in [0.05, 0.1) is 5.92 Å². The van der Waals surface area contributed by atoms with Crippen LogP contribution in [0.15, 0.2) is 0 Å². The number of aliphatic carboxylic acids is 1. The van der Waals surface area contributed by atoms with E-state index in [9.17, 15) is 14.7 Å². The largest absolute Gasteiger partial charge is 0.481 e. The van der Waals surface area contributed by atoms with Crippen molar-refractivity contribution in [1.82, 2.24) is 5.32 Å². The maximum atomic E-state index is 11.8. The summed E-state index contributed by atoms with van der Waals surface area (Å²) < 4.78 is 0. The van der Waals surface area contributed by atoms with Gasteiger partial charge < -0.3 is 10.4 Å². The summed E-state index contributed by atoms with van der Waals surface area (Å²) in [5.41, 5.74) is 0.216. The highest BCUT2D eigenvalue weighted by Crippen LogP contribution is 2.65. The highest BCUT2D eigenvalue weighted by molar-refractivity contribution is 5.77. The molecule has 4 nitrogen and oxygen atoms in total. The maximum Gasteiger partial charge on any atom is 0.307 e. The zero-order valence-corrected chi connectivity index (χ0v) is 14.3. The summed E-state index contributed by atoms with van der Waals surface area (Å²) in [6.45, 7) is 4.64. The van der Waals surface area contributed by atoms with E-state index in [2.05, 4.69) is 19.2 Å². The molecule has 0 spiro atoms. The first kappa shape index (κ1) is 15.5. The molecule has 0 aromatic carbocycles. The van der Waals surface area contributed by atoms with Crippen molar-refractivity contribution in [3.8, 4) is 0 Å². The second-order valence-electron chi connectivity index (χ2n) is 9.09. The first-order chi connectivity index (χ1) is 10.9. The van der Waals surface area contributed by atoms with E-state index >= 15 is 0 Å². The minimum Gasteiger partial charge on any atom is -0.481 e. The van der Waals surface area contributed by atoms with E-state index in [0.29, 0.717) is 30.2 Å². The Bertz CT molecular complexity index is 547. The Hall–Kier alpha value is -1.06. The Morgan fingerprint density at radius 2 is 1.78 bits per heavy atom. The lowest BCUT2D eigenvalue weighted by molar-refractivity contribution is -0.152. The average molecular weight is 319 g/mol. The van der Waals surface area contributed by atoms with E-state index in [1.165, 1.54) is 0 Å². The molecule has 2 N–H and O–H groups in total. The molecule has 1 saturated heterocycles. The summed E-state index contributed by atoms with van der Waals surface area (Å²) in [5.74, 6) is 1.38. The molecule has 3 aliphatic carbocycles. The standard InChI is InChI=1S/C19H29NO3/c1-18-9-7-13-11(12(18)4-5-14(18)17(22)23)3-6-15-19(13,2)10-8-16(21)20-15/h11-15H,3-10H2,1-2H3,(H,20,21)(H,22,23)/t11?,12?,13?,14?,15-,18+,19-/m1/s1. The highest BCUT2D eigenvalue weighted by atomic mass is 16.4. The van der Waals surface area contributed by atoms with Crippen LogP contribution in [0.2, 0.25) is 0 Å². The molecule has 0 aromatic heterocycles. The molecule has 4 heteroatoms. The Kier molecular flexibility index (Phi) is 3.34. The molecule has 4 rings (SSSR count). The Morgan fingerprint density at radius 1 is 1.04 bits per heavy atom.